The molecule has 1 aliphatic rings. The van der Waals surface area contributed by atoms with E-state index in [0.717, 1.165) is 0 Å². The van der Waals surface area contributed by atoms with Crippen LogP contribution in [0.2, 0.25) is 0 Å². The standard InChI is InChI=1S/C12H25O4P/c1-7(2)10-15-11(8(3)4)17(13,14)12(16-10)9(5)6/h7-12H,1-6H3,(H,13,14)/t11-,12-/m0/s1. The van der Waals surface area contributed by atoms with Crippen molar-refractivity contribution in [2.24, 2.45) is 17.8 Å². The molecule has 1 N–H and O–H groups in total. The Bertz CT molecular complexity index is 279. The van der Waals surface area contributed by atoms with Crippen LogP contribution >= 0.6 is 7.37 Å². The van der Waals surface area contributed by atoms with Gasteiger partial charge in [0.15, 0.2) is 6.29 Å². The highest BCUT2D eigenvalue weighted by Gasteiger charge is 2.50. The minimum absolute atomic E-state index is 0.0113. The van der Waals surface area contributed by atoms with Gasteiger partial charge in [-0.25, -0.2) is 0 Å². The zero-order valence-electron chi connectivity index (χ0n) is 11.6. The van der Waals surface area contributed by atoms with Crippen LogP contribution in [-0.2, 0) is 14.0 Å². The van der Waals surface area contributed by atoms with Gasteiger partial charge in [0.05, 0.1) is 0 Å². The van der Waals surface area contributed by atoms with E-state index in [1.807, 2.05) is 41.5 Å². The molecule has 0 radical (unpaired) electrons. The fourth-order valence-corrected chi connectivity index (χ4v) is 4.70. The first-order valence-corrected chi connectivity index (χ1v) is 8.10. The van der Waals surface area contributed by atoms with E-state index in [0.29, 0.717) is 0 Å². The molecular formula is C12H25O4P. The molecule has 0 amide bonds. The molecule has 0 aromatic heterocycles. The second-order valence-corrected chi connectivity index (χ2v) is 8.19. The van der Waals surface area contributed by atoms with Crippen LogP contribution in [0.15, 0.2) is 0 Å². The van der Waals surface area contributed by atoms with Crippen LogP contribution in [0.5, 0.6) is 0 Å². The molecule has 0 bridgehead atoms. The zero-order chi connectivity index (χ0) is 13.4. The van der Waals surface area contributed by atoms with Crippen molar-refractivity contribution >= 4 is 7.37 Å². The molecule has 0 saturated carbocycles. The van der Waals surface area contributed by atoms with E-state index in [9.17, 15) is 9.46 Å². The molecule has 0 aromatic rings. The average Bonchev–Trinajstić information content (AvgIpc) is 2.14. The maximum Gasteiger partial charge on any atom is 0.257 e. The second-order valence-electron chi connectivity index (χ2n) is 5.83. The van der Waals surface area contributed by atoms with E-state index in [-0.39, 0.29) is 24.0 Å². The van der Waals surface area contributed by atoms with Crippen molar-refractivity contribution in [2.45, 2.75) is 59.5 Å². The molecule has 0 spiro atoms. The smallest absolute Gasteiger partial charge is 0.257 e. The summed E-state index contributed by atoms with van der Waals surface area (Å²) in [7, 11) is -3.44. The summed E-state index contributed by atoms with van der Waals surface area (Å²) in [5.74, 6) is -1.03. The molecule has 0 aromatic carbocycles. The maximum atomic E-state index is 12.5. The Kier molecular flexibility index (Phi) is 4.81. The molecule has 0 unspecified atom stereocenters. The van der Waals surface area contributed by atoms with Crippen molar-refractivity contribution in [1.82, 2.24) is 0 Å². The number of ether oxygens (including phenoxy) is 2. The van der Waals surface area contributed by atoms with Crippen molar-refractivity contribution in [3.05, 3.63) is 0 Å². The summed E-state index contributed by atoms with van der Waals surface area (Å²) in [6, 6.07) is 0. The van der Waals surface area contributed by atoms with Crippen molar-refractivity contribution in [3.8, 4) is 0 Å². The highest BCUT2D eigenvalue weighted by molar-refractivity contribution is 7.59. The van der Waals surface area contributed by atoms with Crippen molar-refractivity contribution in [2.75, 3.05) is 0 Å². The number of rotatable bonds is 3. The normalized spacial score (nSPS) is 39.3. The third-order valence-corrected chi connectivity index (χ3v) is 5.86. The Morgan fingerprint density at radius 1 is 0.882 bits per heavy atom. The topological polar surface area (TPSA) is 55.8 Å². The SMILES string of the molecule is CC(C)C1O[C@H](C(C)C)P(=O)(O)[C@@H](C(C)C)O1. The van der Waals surface area contributed by atoms with E-state index >= 15 is 0 Å². The van der Waals surface area contributed by atoms with Crippen LogP contribution in [0, 0.1) is 17.8 Å². The Hall–Kier alpha value is 0.110. The molecule has 0 aliphatic carbocycles. The van der Waals surface area contributed by atoms with E-state index in [4.69, 9.17) is 9.47 Å². The first kappa shape index (κ1) is 15.2. The number of hydrogen-bond donors (Lipinski definition) is 1. The molecule has 17 heavy (non-hydrogen) atoms. The highest BCUT2D eigenvalue weighted by Crippen LogP contribution is 2.60. The monoisotopic (exact) mass is 264 g/mol. The minimum atomic E-state index is -3.44. The molecule has 1 aliphatic heterocycles. The quantitative estimate of drug-likeness (QED) is 0.795. The van der Waals surface area contributed by atoms with Gasteiger partial charge in [0.2, 0.25) is 0 Å². The van der Waals surface area contributed by atoms with Gasteiger partial charge in [0, 0.05) is 5.92 Å². The fraction of sp³-hybridized carbons (Fsp3) is 1.00. The van der Waals surface area contributed by atoms with E-state index in [2.05, 4.69) is 0 Å². The molecule has 2 atom stereocenters. The van der Waals surface area contributed by atoms with Crippen molar-refractivity contribution in [3.63, 3.8) is 0 Å². The predicted molar refractivity (Wildman–Crippen MR) is 67.9 cm³/mol. The Labute approximate surface area is 104 Å². The summed E-state index contributed by atoms with van der Waals surface area (Å²) in [5, 5.41) is 0. The summed E-state index contributed by atoms with van der Waals surface area (Å²) in [4.78, 5) is 10.2. The Balaban J connectivity index is 3.01. The third kappa shape index (κ3) is 3.11. The summed E-state index contributed by atoms with van der Waals surface area (Å²) in [5.41, 5.74) is 0. The van der Waals surface area contributed by atoms with Gasteiger partial charge in [-0.1, -0.05) is 41.5 Å². The summed E-state index contributed by atoms with van der Waals surface area (Å²) in [6.07, 6.45) is -0.385. The summed E-state index contributed by atoms with van der Waals surface area (Å²) in [6.45, 7) is 11.6. The maximum absolute atomic E-state index is 12.5. The molecular weight excluding hydrogens is 239 g/mol. The summed E-state index contributed by atoms with van der Waals surface area (Å²) < 4.78 is 23.8. The largest absolute Gasteiger partial charge is 0.341 e. The van der Waals surface area contributed by atoms with Crippen LogP contribution in [0.1, 0.15) is 41.5 Å². The Morgan fingerprint density at radius 2 is 1.24 bits per heavy atom. The molecule has 1 heterocycles. The van der Waals surface area contributed by atoms with Gasteiger partial charge in [-0.15, -0.1) is 0 Å². The molecule has 102 valence electrons. The van der Waals surface area contributed by atoms with Gasteiger partial charge in [-0.05, 0) is 11.8 Å². The van der Waals surface area contributed by atoms with Crippen molar-refractivity contribution < 1.29 is 18.9 Å². The molecule has 1 saturated heterocycles. The lowest BCUT2D eigenvalue weighted by Crippen LogP contribution is -2.44. The van der Waals surface area contributed by atoms with Crippen LogP contribution in [0.25, 0.3) is 0 Å². The van der Waals surface area contributed by atoms with Crippen LogP contribution in [0.4, 0.5) is 0 Å². The third-order valence-electron chi connectivity index (χ3n) is 2.96. The van der Waals surface area contributed by atoms with Gasteiger partial charge < -0.3 is 14.4 Å². The fourth-order valence-electron chi connectivity index (χ4n) is 2.11. The lowest BCUT2D eigenvalue weighted by molar-refractivity contribution is -0.219. The highest BCUT2D eigenvalue weighted by atomic mass is 31.2. The Morgan fingerprint density at radius 3 is 1.47 bits per heavy atom. The predicted octanol–water partition coefficient (Wildman–Crippen LogP) is 3.25. The van der Waals surface area contributed by atoms with Gasteiger partial charge in [0.1, 0.15) is 11.7 Å². The first-order chi connectivity index (χ1) is 7.67. The van der Waals surface area contributed by atoms with E-state index < -0.39 is 19.1 Å². The van der Waals surface area contributed by atoms with E-state index in [1.165, 1.54) is 0 Å². The molecule has 1 fully saturated rings. The van der Waals surface area contributed by atoms with Gasteiger partial charge in [-0.2, -0.15) is 0 Å². The van der Waals surface area contributed by atoms with E-state index in [1.54, 1.807) is 0 Å². The molecule has 4 nitrogen and oxygen atoms in total. The van der Waals surface area contributed by atoms with Gasteiger partial charge in [0.25, 0.3) is 7.37 Å². The van der Waals surface area contributed by atoms with Gasteiger partial charge in [-0.3, -0.25) is 4.57 Å². The molecule has 1 rings (SSSR count). The molecule has 5 heteroatoms. The number of hydrogen-bond acceptors (Lipinski definition) is 3. The summed E-state index contributed by atoms with van der Waals surface area (Å²) >= 11 is 0. The average molecular weight is 264 g/mol. The minimum Gasteiger partial charge on any atom is -0.341 e. The second kappa shape index (κ2) is 5.40. The first-order valence-electron chi connectivity index (χ1n) is 6.31. The van der Waals surface area contributed by atoms with Crippen LogP contribution in [-0.4, -0.2) is 22.9 Å². The zero-order valence-corrected chi connectivity index (χ0v) is 12.5. The lowest BCUT2D eigenvalue weighted by atomic mass is 10.2. The van der Waals surface area contributed by atoms with Crippen LogP contribution in [0.3, 0.4) is 0 Å². The van der Waals surface area contributed by atoms with Gasteiger partial charge >= 0.3 is 0 Å². The van der Waals surface area contributed by atoms with Crippen molar-refractivity contribution in [1.29, 1.82) is 0 Å². The lowest BCUT2D eigenvalue weighted by Gasteiger charge is -2.43. The van der Waals surface area contributed by atoms with Crippen LogP contribution < -0.4 is 0 Å².